The van der Waals surface area contributed by atoms with Crippen LogP contribution in [0.4, 0.5) is 5.69 Å². The van der Waals surface area contributed by atoms with Crippen molar-refractivity contribution in [3.05, 3.63) is 29.8 Å². The number of nitrogens with zero attached hydrogens (tertiary/aromatic N) is 1. The lowest BCUT2D eigenvalue weighted by atomic mass is 10.1. The lowest BCUT2D eigenvalue weighted by molar-refractivity contribution is 0.118. The molecule has 0 spiro atoms. The summed E-state index contributed by atoms with van der Waals surface area (Å²) in [7, 11) is 0. The summed E-state index contributed by atoms with van der Waals surface area (Å²) >= 11 is 0. The second-order valence-corrected chi connectivity index (χ2v) is 4.43. The van der Waals surface area contributed by atoms with Crippen LogP contribution in [0.1, 0.15) is 19.4 Å². The molecule has 0 atom stereocenters. The Labute approximate surface area is 103 Å². The molecule has 92 valence electrons. The van der Waals surface area contributed by atoms with Crippen molar-refractivity contribution in [2.24, 2.45) is 5.92 Å². The zero-order chi connectivity index (χ0) is 12.5. The summed E-state index contributed by atoms with van der Waals surface area (Å²) in [6, 6.07) is 10.1. The van der Waals surface area contributed by atoms with Crippen LogP contribution in [0.3, 0.4) is 0 Å². The number of hydrogen-bond donors (Lipinski definition) is 1. The third-order valence-corrected chi connectivity index (χ3v) is 2.26. The molecule has 0 heterocycles. The standard InChI is InChI=1S/C14H20N2O/c1-12(2)11-17-10-9-16-14-5-3-13(4-6-14)7-8-15/h3-6,12,16H,7,9-11H2,1-2H3. The fourth-order valence-electron chi connectivity index (χ4n) is 1.42. The number of nitriles is 1. The monoisotopic (exact) mass is 232 g/mol. The topological polar surface area (TPSA) is 45.0 Å². The zero-order valence-corrected chi connectivity index (χ0v) is 10.6. The molecule has 1 aromatic rings. The Kier molecular flexibility index (Phi) is 6.13. The van der Waals surface area contributed by atoms with Crippen molar-refractivity contribution >= 4 is 5.69 Å². The van der Waals surface area contributed by atoms with Crippen molar-refractivity contribution in [3.63, 3.8) is 0 Å². The van der Waals surface area contributed by atoms with Gasteiger partial charge in [-0.15, -0.1) is 0 Å². The van der Waals surface area contributed by atoms with E-state index in [1.165, 1.54) is 0 Å². The third-order valence-electron chi connectivity index (χ3n) is 2.26. The van der Waals surface area contributed by atoms with E-state index < -0.39 is 0 Å². The molecule has 0 bridgehead atoms. The Bertz CT molecular complexity index is 351. The largest absolute Gasteiger partial charge is 0.383 e. The van der Waals surface area contributed by atoms with Crippen molar-refractivity contribution in [2.75, 3.05) is 25.1 Å². The van der Waals surface area contributed by atoms with E-state index in [9.17, 15) is 0 Å². The van der Waals surface area contributed by atoms with Crippen LogP contribution in [0.2, 0.25) is 0 Å². The van der Waals surface area contributed by atoms with Gasteiger partial charge in [0.1, 0.15) is 0 Å². The zero-order valence-electron chi connectivity index (χ0n) is 10.6. The van der Waals surface area contributed by atoms with Crippen molar-refractivity contribution in [3.8, 4) is 6.07 Å². The number of hydrogen-bond acceptors (Lipinski definition) is 3. The van der Waals surface area contributed by atoms with E-state index in [4.69, 9.17) is 10.00 Å². The van der Waals surface area contributed by atoms with Crippen LogP contribution in [0.25, 0.3) is 0 Å². The molecule has 0 unspecified atom stereocenters. The number of benzene rings is 1. The number of anilines is 1. The van der Waals surface area contributed by atoms with Gasteiger partial charge in [-0.3, -0.25) is 0 Å². The second-order valence-electron chi connectivity index (χ2n) is 4.43. The molecule has 1 N–H and O–H groups in total. The average Bonchev–Trinajstić information content (AvgIpc) is 2.31. The average molecular weight is 232 g/mol. The highest BCUT2D eigenvalue weighted by molar-refractivity contribution is 5.44. The van der Waals surface area contributed by atoms with Crippen LogP contribution in [0.5, 0.6) is 0 Å². The van der Waals surface area contributed by atoms with E-state index in [1.807, 2.05) is 24.3 Å². The molecule has 0 aliphatic rings. The minimum atomic E-state index is 0.470. The molecule has 3 heteroatoms. The fraction of sp³-hybridized carbons (Fsp3) is 0.500. The highest BCUT2D eigenvalue weighted by atomic mass is 16.5. The summed E-state index contributed by atoms with van der Waals surface area (Å²) < 4.78 is 5.47. The first-order chi connectivity index (χ1) is 8.22. The molecule has 0 radical (unpaired) electrons. The molecule has 1 rings (SSSR count). The maximum absolute atomic E-state index is 8.55. The Balaban J connectivity index is 2.21. The molecular formula is C14H20N2O. The molecule has 0 saturated heterocycles. The van der Waals surface area contributed by atoms with Gasteiger partial charge in [-0.2, -0.15) is 5.26 Å². The van der Waals surface area contributed by atoms with Crippen molar-refractivity contribution in [1.82, 2.24) is 0 Å². The van der Waals surface area contributed by atoms with E-state index in [2.05, 4.69) is 25.2 Å². The lowest BCUT2D eigenvalue weighted by Crippen LogP contribution is -2.12. The van der Waals surface area contributed by atoms with E-state index in [1.54, 1.807) is 0 Å². The van der Waals surface area contributed by atoms with Crippen LogP contribution >= 0.6 is 0 Å². The fourth-order valence-corrected chi connectivity index (χ4v) is 1.42. The Morgan fingerprint density at radius 1 is 1.29 bits per heavy atom. The first-order valence-corrected chi connectivity index (χ1v) is 6.00. The summed E-state index contributed by atoms with van der Waals surface area (Å²) in [6.07, 6.45) is 0.470. The predicted octanol–water partition coefficient (Wildman–Crippen LogP) is 2.84. The molecular weight excluding hydrogens is 212 g/mol. The summed E-state index contributed by atoms with van der Waals surface area (Å²) in [6.45, 7) is 6.62. The van der Waals surface area contributed by atoms with Gasteiger partial charge in [0, 0.05) is 18.8 Å². The summed E-state index contributed by atoms with van der Waals surface area (Å²) in [5, 5.41) is 11.8. The molecule has 1 aromatic carbocycles. The highest BCUT2D eigenvalue weighted by Gasteiger charge is 1.95. The van der Waals surface area contributed by atoms with Gasteiger partial charge in [-0.05, 0) is 23.6 Å². The lowest BCUT2D eigenvalue weighted by Gasteiger charge is -2.09. The quantitative estimate of drug-likeness (QED) is 0.735. The first kappa shape index (κ1) is 13.5. The van der Waals surface area contributed by atoms with Gasteiger partial charge >= 0.3 is 0 Å². The van der Waals surface area contributed by atoms with Crippen LogP contribution in [-0.2, 0) is 11.2 Å². The van der Waals surface area contributed by atoms with E-state index in [0.717, 1.165) is 31.0 Å². The van der Waals surface area contributed by atoms with Crippen molar-refractivity contribution in [2.45, 2.75) is 20.3 Å². The van der Waals surface area contributed by atoms with Crippen LogP contribution in [-0.4, -0.2) is 19.8 Å². The van der Waals surface area contributed by atoms with Gasteiger partial charge in [0.15, 0.2) is 0 Å². The van der Waals surface area contributed by atoms with Gasteiger partial charge in [-0.25, -0.2) is 0 Å². The van der Waals surface area contributed by atoms with Crippen LogP contribution < -0.4 is 5.32 Å². The number of ether oxygens (including phenoxy) is 1. The normalized spacial score (nSPS) is 10.2. The van der Waals surface area contributed by atoms with Crippen molar-refractivity contribution < 1.29 is 4.74 Å². The summed E-state index contributed by atoms with van der Waals surface area (Å²) in [5.41, 5.74) is 2.12. The van der Waals surface area contributed by atoms with E-state index in [0.29, 0.717) is 12.3 Å². The SMILES string of the molecule is CC(C)COCCNc1ccc(CC#N)cc1. The molecule has 0 amide bonds. The molecule has 0 fully saturated rings. The predicted molar refractivity (Wildman–Crippen MR) is 69.9 cm³/mol. The molecule has 0 aliphatic heterocycles. The second kappa shape index (κ2) is 7.70. The molecule has 3 nitrogen and oxygen atoms in total. The van der Waals surface area contributed by atoms with E-state index >= 15 is 0 Å². The first-order valence-electron chi connectivity index (χ1n) is 6.00. The van der Waals surface area contributed by atoms with Gasteiger partial charge in [-0.1, -0.05) is 26.0 Å². The molecule has 17 heavy (non-hydrogen) atoms. The van der Waals surface area contributed by atoms with Crippen LogP contribution in [0.15, 0.2) is 24.3 Å². The van der Waals surface area contributed by atoms with Gasteiger partial charge in [0.05, 0.1) is 19.1 Å². The van der Waals surface area contributed by atoms with E-state index in [-0.39, 0.29) is 0 Å². The highest BCUT2D eigenvalue weighted by Crippen LogP contribution is 2.09. The summed E-state index contributed by atoms with van der Waals surface area (Å²) in [5.74, 6) is 0.584. The summed E-state index contributed by atoms with van der Waals surface area (Å²) in [4.78, 5) is 0. The minimum absolute atomic E-state index is 0.470. The Hall–Kier alpha value is -1.53. The van der Waals surface area contributed by atoms with Crippen molar-refractivity contribution in [1.29, 1.82) is 5.26 Å². The smallest absolute Gasteiger partial charge is 0.0669 e. The number of rotatable bonds is 7. The van der Waals surface area contributed by atoms with Crippen LogP contribution in [0, 0.1) is 17.2 Å². The Morgan fingerprint density at radius 3 is 2.59 bits per heavy atom. The van der Waals surface area contributed by atoms with Gasteiger partial charge in [0.2, 0.25) is 0 Å². The van der Waals surface area contributed by atoms with Gasteiger partial charge < -0.3 is 10.1 Å². The maximum atomic E-state index is 8.55. The third kappa shape index (κ3) is 5.94. The maximum Gasteiger partial charge on any atom is 0.0669 e. The molecule has 0 saturated carbocycles. The number of nitrogens with one attached hydrogen (secondary N) is 1. The molecule has 0 aliphatic carbocycles. The van der Waals surface area contributed by atoms with Gasteiger partial charge in [0.25, 0.3) is 0 Å². The Morgan fingerprint density at radius 2 is 2.00 bits per heavy atom. The molecule has 0 aromatic heterocycles. The minimum Gasteiger partial charge on any atom is -0.383 e.